The molecule has 0 atom stereocenters. The zero-order chi connectivity index (χ0) is 14.8. The van der Waals surface area contributed by atoms with Crippen molar-refractivity contribution in [2.75, 3.05) is 0 Å². The first-order valence-electron chi connectivity index (χ1n) is 6.61. The molecule has 2 aliphatic rings. The number of hydrogen-bond acceptors (Lipinski definition) is 4. The molecule has 7 heteroatoms. The van der Waals surface area contributed by atoms with Gasteiger partial charge in [-0.05, 0) is 44.8 Å². The molecular formula is C13H18BNO4S. The summed E-state index contributed by atoms with van der Waals surface area (Å²) in [6.07, 6.45) is 0. The first-order chi connectivity index (χ1) is 9.12. The largest absolute Gasteiger partial charge is 0.494 e. The molecule has 2 aliphatic heterocycles. The van der Waals surface area contributed by atoms with Gasteiger partial charge in [0.1, 0.15) is 0 Å². The molecule has 1 saturated heterocycles. The molecule has 20 heavy (non-hydrogen) atoms. The van der Waals surface area contributed by atoms with Crippen LogP contribution in [0.4, 0.5) is 0 Å². The monoisotopic (exact) mass is 295 g/mol. The Morgan fingerprint density at radius 2 is 1.75 bits per heavy atom. The number of nitrogens with one attached hydrogen (secondary N) is 1. The van der Waals surface area contributed by atoms with Gasteiger partial charge >= 0.3 is 7.12 Å². The second-order valence-electron chi connectivity index (χ2n) is 6.28. The Morgan fingerprint density at radius 1 is 1.15 bits per heavy atom. The van der Waals surface area contributed by atoms with Crippen LogP contribution >= 0.6 is 0 Å². The molecule has 1 aromatic carbocycles. The second kappa shape index (κ2) is 4.07. The molecule has 0 aromatic heterocycles. The second-order valence-corrected chi connectivity index (χ2v) is 8.02. The van der Waals surface area contributed by atoms with Crippen LogP contribution in [0.15, 0.2) is 23.1 Å². The minimum absolute atomic E-state index is 0.324. The van der Waals surface area contributed by atoms with Crippen molar-refractivity contribution in [3.8, 4) is 0 Å². The van der Waals surface area contributed by atoms with Gasteiger partial charge < -0.3 is 9.31 Å². The quantitative estimate of drug-likeness (QED) is 0.778. The standard InChI is InChI=1S/C13H18BNO4S/c1-12(2)13(3,4)19-14(18-12)10-6-5-9-8-15-20(16,17)11(9)7-10/h5-7,15H,8H2,1-4H3. The Balaban J connectivity index is 1.99. The number of benzene rings is 1. The summed E-state index contributed by atoms with van der Waals surface area (Å²) in [6, 6.07) is 5.32. The smallest absolute Gasteiger partial charge is 0.399 e. The Kier molecular flexibility index (Phi) is 2.86. The third-order valence-electron chi connectivity index (χ3n) is 4.36. The van der Waals surface area contributed by atoms with Gasteiger partial charge in [0.25, 0.3) is 0 Å². The third kappa shape index (κ3) is 2.00. The highest BCUT2D eigenvalue weighted by molar-refractivity contribution is 7.89. The summed E-state index contributed by atoms with van der Waals surface area (Å²) in [5.74, 6) is 0. The van der Waals surface area contributed by atoms with Crippen LogP contribution in [0.3, 0.4) is 0 Å². The lowest BCUT2D eigenvalue weighted by Gasteiger charge is -2.32. The number of sulfonamides is 1. The summed E-state index contributed by atoms with van der Waals surface area (Å²) in [5, 5.41) is 0. The normalized spacial score (nSPS) is 25.7. The lowest BCUT2D eigenvalue weighted by Crippen LogP contribution is -2.41. The van der Waals surface area contributed by atoms with Crippen molar-refractivity contribution in [1.82, 2.24) is 4.72 Å². The topological polar surface area (TPSA) is 64.6 Å². The molecule has 1 aromatic rings. The van der Waals surface area contributed by atoms with E-state index < -0.39 is 28.3 Å². The highest BCUT2D eigenvalue weighted by atomic mass is 32.2. The number of rotatable bonds is 1. The van der Waals surface area contributed by atoms with E-state index in [1.54, 1.807) is 6.07 Å². The zero-order valence-corrected chi connectivity index (χ0v) is 12.9. The average molecular weight is 295 g/mol. The van der Waals surface area contributed by atoms with Crippen molar-refractivity contribution in [3.05, 3.63) is 23.8 Å². The predicted octanol–water partition coefficient (Wildman–Crippen LogP) is 0.778. The van der Waals surface area contributed by atoms with Gasteiger partial charge in [-0.15, -0.1) is 0 Å². The molecule has 108 valence electrons. The van der Waals surface area contributed by atoms with E-state index in [1.807, 2.05) is 39.8 Å². The van der Waals surface area contributed by atoms with Gasteiger partial charge in [-0.1, -0.05) is 12.1 Å². The minimum atomic E-state index is -3.38. The third-order valence-corrected chi connectivity index (χ3v) is 5.84. The molecule has 0 bridgehead atoms. The summed E-state index contributed by atoms with van der Waals surface area (Å²) in [7, 11) is -3.92. The van der Waals surface area contributed by atoms with Crippen molar-refractivity contribution >= 4 is 22.6 Å². The molecule has 0 aliphatic carbocycles. The maximum atomic E-state index is 11.9. The molecule has 0 spiro atoms. The van der Waals surface area contributed by atoms with Crippen LogP contribution in [0.1, 0.15) is 33.3 Å². The van der Waals surface area contributed by atoms with Gasteiger partial charge in [0, 0.05) is 6.54 Å². The van der Waals surface area contributed by atoms with E-state index in [0.717, 1.165) is 11.0 Å². The summed E-state index contributed by atoms with van der Waals surface area (Å²) in [6.45, 7) is 8.23. The summed E-state index contributed by atoms with van der Waals surface area (Å²) in [5.41, 5.74) is 0.640. The molecule has 0 radical (unpaired) electrons. The maximum Gasteiger partial charge on any atom is 0.494 e. The highest BCUT2D eigenvalue weighted by Gasteiger charge is 2.51. The fourth-order valence-electron chi connectivity index (χ4n) is 2.34. The van der Waals surface area contributed by atoms with Crippen LogP contribution in [0.5, 0.6) is 0 Å². The van der Waals surface area contributed by atoms with E-state index in [-0.39, 0.29) is 0 Å². The van der Waals surface area contributed by atoms with E-state index in [0.29, 0.717) is 11.4 Å². The Bertz CT molecular complexity index is 653. The van der Waals surface area contributed by atoms with Gasteiger partial charge in [-0.2, -0.15) is 0 Å². The molecule has 0 unspecified atom stereocenters. The van der Waals surface area contributed by atoms with Gasteiger partial charge in [-0.25, -0.2) is 13.1 Å². The van der Waals surface area contributed by atoms with E-state index in [2.05, 4.69) is 4.72 Å². The molecule has 5 nitrogen and oxygen atoms in total. The van der Waals surface area contributed by atoms with Crippen LogP contribution in [0.2, 0.25) is 0 Å². The van der Waals surface area contributed by atoms with Crippen LogP contribution in [-0.2, 0) is 25.9 Å². The van der Waals surface area contributed by atoms with E-state index >= 15 is 0 Å². The molecule has 1 N–H and O–H groups in total. The fourth-order valence-corrected chi connectivity index (χ4v) is 3.62. The summed E-state index contributed by atoms with van der Waals surface area (Å²) < 4.78 is 38.1. The number of fused-ring (bicyclic) bond motifs is 1. The van der Waals surface area contributed by atoms with Gasteiger partial charge in [0.2, 0.25) is 10.0 Å². The molecule has 0 saturated carbocycles. The summed E-state index contributed by atoms with van der Waals surface area (Å²) in [4.78, 5) is 0.324. The SMILES string of the molecule is CC1(C)OB(c2ccc3c(c2)S(=O)(=O)NC3)OC1(C)C. The van der Waals surface area contributed by atoms with Crippen molar-refractivity contribution in [3.63, 3.8) is 0 Å². The minimum Gasteiger partial charge on any atom is -0.399 e. The zero-order valence-electron chi connectivity index (χ0n) is 12.1. The maximum absolute atomic E-state index is 11.9. The van der Waals surface area contributed by atoms with Gasteiger partial charge in [0.05, 0.1) is 16.1 Å². The molecule has 1 fully saturated rings. The number of hydrogen-bond donors (Lipinski definition) is 1. The fraction of sp³-hybridized carbons (Fsp3) is 0.538. The predicted molar refractivity (Wildman–Crippen MR) is 76.2 cm³/mol. The lowest BCUT2D eigenvalue weighted by atomic mass is 9.79. The lowest BCUT2D eigenvalue weighted by molar-refractivity contribution is 0.00578. The van der Waals surface area contributed by atoms with Crippen molar-refractivity contribution < 1.29 is 17.7 Å². The van der Waals surface area contributed by atoms with E-state index in [9.17, 15) is 8.42 Å². The van der Waals surface area contributed by atoms with Crippen molar-refractivity contribution in [1.29, 1.82) is 0 Å². The van der Waals surface area contributed by atoms with Crippen LogP contribution in [0, 0.1) is 0 Å². The van der Waals surface area contributed by atoms with Crippen molar-refractivity contribution in [2.45, 2.75) is 50.3 Å². The van der Waals surface area contributed by atoms with Gasteiger partial charge in [-0.3, -0.25) is 0 Å². The van der Waals surface area contributed by atoms with Crippen LogP contribution in [-0.4, -0.2) is 26.7 Å². The first-order valence-corrected chi connectivity index (χ1v) is 8.09. The summed E-state index contributed by atoms with van der Waals surface area (Å²) >= 11 is 0. The van der Waals surface area contributed by atoms with E-state index in [4.69, 9.17) is 9.31 Å². The van der Waals surface area contributed by atoms with Crippen LogP contribution in [0.25, 0.3) is 0 Å². The van der Waals surface area contributed by atoms with E-state index in [1.165, 1.54) is 0 Å². The van der Waals surface area contributed by atoms with Gasteiger partial charge in [0.15, 0.2) is 0 Å². The van der Waals surface area contributed by atoms with Crippen molar-refractivity contribution in [2.24, 2.45) is 0 Å². The molecule has 3 rings (SSSR count). The Hall–Kier alpha value is -0.885. The molecule has 0 amide bonds. The first kappa shape index (κ1) is 14.1. The Morgan fingerprint density at radius 3 is 2.35 bits per heavy atom. The average Bonchev–Trinajstić information content (AvgIpc) is 2.74. The molecule has 2 heterocycles. The Labute approximate surface area is 119 Å². The molecular weight excluding hydrogens is 277 g/mol. The van der Waals surface area contributed by atoms with Crippen LogP contribution < -0.4 is 10.2 Å². The highest BCUT2D eigenvalue weighted by Crippen LogP contribution is 2.36.